The Labute approximate surface area is 229 Å². The van der Waals surface area contributed by atoms with Gasteiger partial charge >= 0.3 is 0 Å². The zero-order chi connectivity index (χ0) is 28.3. The summed E-state index contributed by atoms with van der Waals surface area (Å²) < 4.78 is 16.7. The van der Waals surface area contributed by atoms with Gasteiger partial charge in [-0.05, 0) is 78.9 Å². The van der Waals surface area contributed by atoms with Gasteiger partial charge in [-0.15, -0.1) is 0 Å². The number of ether oxygens (including phenoxy) is 3. The van der Waals surface area contributed by atoms with Crippen LogP contribution in [0.4, 0.5) is 0 Å². The van der Waals surface area contributed by atoms with Gasteiger partial charge in [0, 0.05) is 12.1 Å². The van der Waals surface area contributed by atoms with Gasteiger partial charge in [0.1, 0.15) is 23.0 Å². The number of likely N-dealkylation sites (tertiary alicyclic amines) is 1. The van der Waals surface area contributed by atoms with Crippen molar-refractivity contribution < 1.29 is 28.9 Å². The van der Waals surface area contributed by atoms with Gasteiger partial charge in [0.2, 0.25) is 0 Å². The highest BCUT2D eigenvalue weighted by Crippen LogP contribution is 2.42. The van der Waals surface area contributed by atoms with E-state index in [-0.39, 0.29) is 29.9 Å². The minimum Gasteiger partial charge on any atom is -0.507 e. The largest absolute Gasteiger partial charge is 0.507 e. The molecule has 4 rings (SSSR count). The van der Waals surface area contributed by atoms with E-state index in [1.165, 1.54) is 4.90 Å². The minimum absolute atomic E-state index is 0.0319. The number of ketones is 1. The average Bonchev–Trinajstić information content (AvgIpc) is 3.17. The van der Waals surface area contributed by atoms with E-state index in [4.69, 9.17) is 14.2 Å². The minimum atomic E-state index is -0.823. The Bertz CT molecular complexity index is 1410. The van der Waals surface area contributed by atoms with Gasteiger partial charge in [-0.3, -0.25) is 9.59 Å². The number of hydrogen-bond donors (Lipinski definition) is 1. The molecule has 1 amide bonds. The van der Waals surface area contributed by atoms with E-state index in [2.05, 4.69) is 0 Å². The molecule has 0 spiro atoms. The van der Waals surface area contributed by atoms with Crippen molar-refractivity contribution in [2.75, 3.05) is 14.2 Å². The second-order valence-corrected chi connectivity index (χ2v) is 10.1. The first kappa shape index (κ1) is 27.8. The Kier molecular flexibility index (Phi) is 8.29. The lowest BCUT2D eigenvalue weighted by Crippen LogP contribution is -2.29. The van der Waals surface area contributed by atoms with Gasteiger partial charge in [0.25, 0.3) is 11.7 Å². The summed E-state index contributed by atoms with van der Waals surface area (Å²) in [6.07, 6.45) is -0.0582. The number of benzene rings is 3. The van der Waals surface area contributed by atoms with Gasteiger partial charge in [0.05, 0.1) is 31.9 Å². The van der Waals surface area contributed by atoms with Crippen LogP contribution in [-0.4, -0.2) is 42.0 Å². The number of aliphatic hydroxyl groups excluding tert-OH is 1. The van der Waals surface area contributed by atoms with Crippen LogP contribution in [-0.2, 0) is 16.1 Å². The molecular formula is C32H35NO6. The predicted octanol–water partition coefficient (Wildman–Crippen LogP) is 6.24. The first-order valence-corrected chi connectivity index (χ1v) is 13.0. The van der Waals surface area contributed by atoms with Crippen LogP contribution in [0.15, 0.2) is 72.3 Å². The second kappa shape index (κ2) is 11.6. The molecule has 1 unspecified atom stereocenters. The first-order chi connectivity index (χ1) is 18.6. The molecule has 3 aromatic carbocycles. The van der Waals surface area contributed by atoms with Crippen LogP contribution < -0.4 is 14.2 Å². The molecule has 0 bridgehead atoms. The third kappa shape index (κ3) is 5.77. The highest BCUT2D eigenvalue weighted by molar-refractivity contribution is 6.46. The van der Waals surface area contributed by atoms with Crippen LogP contribution in [0.3, 0.4) is 0 Å². The van der Waals surface area contributed by atoms with Gasteiger partial charge in [-0.1, -0.05) is 38.1 Å². The zero-order valence-electron chi connectivity index (χ0n) is 23.2. The maximum absolute atomic E-state index is 13.5. The summed E-state index contributed by atoms with van der Waals surface area (Å²) in [4.78, 5) is 28.5. The lowest BCUT2D eigenvalue weighted by molar-refractivity contribution is -0.140. The summed E-state index contributed by atoms with van der Waals surface area (Å²) in [5, 5.41) is 11.6. The lowest BCUT2D eigenvalue weighted by atomic mass is 9.93. The first-order valence-electron chi connectivity index (χ1n) is 13.0. The van der Waals surface area contributed by atoms with E-state index < -0.39 is 17.7 Å². The van der Waals surface area contributed by atoms with Crippen LogP contribution in [0.25, 0.3) is 5.76 Å². The van der Waals surface area contributed by atoms with Crippen LogP contribution in [0.2, 0.25) is 0 Å². The van der Waals surface area contributed by atoms with Crippen molar-refractivity contribution in [1.82, 2.24) is 4.90 Å². The summed E-state index contributed by atoms with van der Waals surface area (Å²) >= 11 is 0. The van der Waals surface area contributed by atoms with E-state index in [1.54, 1.807) is 26.4 Å². The Morgan fingerprint density at radius 3 is 2.28 bits per heavy atom. The highest BCUT2D eigenvalue weighted by atomic mass is 16.5. The summed E-state index contributed by atoms with van der Waals surface area (Å²) in [5.74, 6) is 0.410. The van der Waals surface area contributed by atoms with E-state index >= 15 is 0 Å². The molecule has 0 radical (unpaired) electrons. The molecule has 3 aromatic rings. The van der Waals surface area contributed by atoms with Gasteiger partial charge in [-0.2, -0.15) is 0 Å². The number of nitrogens with zero attached hydrogens (tertiary/aromatic N) is 1. The number of hydrogen-bond acceptors (Lipinski definition) is 6. The van der Waals surface area contributed by atoms with Crippen molar-refractivity contribution in [1.29, 1.82) is 0 Å². The number of carbonyl (C=O) groups excluding carboxylic acids is 2. The second-order valence-electron chi connectivity index (χ2n) is 10.1. The van der Waals surface area contributed by atoms with Gasteiger partial charge < -0.3 is 24.2 Å². The molecule has 1 aliphatic heterocycles. The maximum atomic E-state index is 13.5. The highest BCUT2D eigenvalue weighted by Gasteiger charge is 2.46. The molecule has 1 atom stereocenters. The monoisotopic (exact) mass is 529 g/mol. The van der Waals surface area contributed by atoms with Crippen molar-refractivity contribution in [2.45, 2.75) is 52.3 Å². The number of Topliss-reactive ketones (excluding diaryl/α,β-unsaturated/α-hetero) is 1. The molecule has 0 saturated carbocycles. The Balaban J connectivity index is 1.88. The van der Waals surface area contributed by atoms with Crippen molar-refractivity contribution >= 4 is 17.4 Å². The summed E-state index contributed by atoms with van der Waals surface area (Å²) in [5.41, 5.74) is 2.82. The molecule has 7 heteroatoms. The predicted molar refractivity (Wildman–Crippen MR) is 150 cm³/mol. The third-order valence-electron chi connectivity index (χ3n) is 6.70. The molecular weight excluding hydrogens is 494 g/mol. The fourth-order valence-corrected chi connectivity index (χ4v) is 4.88. The molecule has 1 N–H and O–H groups in total. The third-order valence-corrected chi connectivity index (χ3v) is 6.70. The number of rotatable bonds is 9. The summed E-state index contributed by atoms with van der Waals surface area (Å²) in [7, 11) is 3.17. The SMILES string of the molecule is COc1cccc(CN2C(=O)C(=O)/C(=C(/O)c3ccc(OC)c(C(C)C)c3)C2c2cccc(OC(C)C)c2)c1. The van der Waals surface area contributed by atoms with Crippen LogP contribution in [0.1, 0.15) is 61.9 Å². The summed E-state index contributed by atoms with van der Waals surface area (Å²) in [6.45, 7) is 8.05. The van der Waals surface area contributed by atoms with Crippen molar-refractivity contribution in [3.8, 4) is 17.2 Å². The fourth-order valence-electron chi connectivity index (χ4n) is 4.88. The topological polar surface area (TPSA) is 85.3 Å². The Morgan fingerprint density at radius 2 is 1.62 bits per heavy atom. The number of methoxy groups -OCH3 is 2. The van der Waals surface area contributed by atoms with Gasteiger partial charge in [0.15, 0.2) is 0 Å². The normalized spacial score (nSPS) is 16.7. The Hall–Kier alpha value is -4.26. The van der Waals surface area contributed by atoms with Crippen LogP contribution in [0.5, 0.6) is 17.2 Å². The Morgan fingerprint density at radius 1 is 0.897 bits per heavy atom. The van der Waals surface area contributed by atoms with Crippen molar-refractivity contribution in [2.24, 2.45) is 0 Å². The van der Waals surface area contributed by atoms with Crippen molar-refractivity contribution in [3.63, 3.8) is 0 Å². The van der Waals surface area contributed by atoms with Crippen molar-refractivity contribution in [3.05, 3.63) is 94.6 Å². The maximum Gasteiger partial charge on any atom is 0.295 e. The molecule has 1 aliphatic rings. The molecule has 0 aliphatic carbocycles. The number of amides is 1. The molecule has 204 valence electrons. The van der Waals surface area contributed by atoms with E-state index in [0.29, 0.717) is 28.4 Å². The lowest BCUT2D eigenvalue weighted by Gasteiger charge is -2.26. The molecule has 0 aromatic heterocycles. The van der Waals surface area contributed by atoms with E-state index in [1.807, 2.05) is 82.3 Å². The molecule has 1 saturated heterocycles. The summed E-state index contributed by atoms with van der Waals surface area (Å²) in [6, 6.07) is 19.1. The molecule has 1 heterocycles. The molecule has 39 heavy (non-hydrogen) atoms. The smallest absolute Gasteiger partial charge is 0.295 e. The molecule has 7 nitrogen and oxygen atoms in total. The van der Waals surface area contributed by atoms with Gasteiger partial charge in [-0.25, -0.2) is 0 Å². The number of aliphatic hydroxyl groups is 1. The number of carbonyl (C=O) groups is 2. The van der Waals surface area contributed by atoms with Crippen LogP contribution in [0, 0.1) is 0 Å². The standard InChI is InChI=1S/C32H35NO6/c1-19(2)26-17-23(13-14-27(26)38-6)30(34)28-29(22-10-8-12-25(16-22)39-20(3)4)33(32(36)31(28)35)18-21-9-7-11-24(15-21)37-5/h7-17,19-20,29,34H,18H2,1-6H3/b30-28+. The molecule has 1 fully saturated rings. The van der Waals surface area contributed by atoms with E-state index in [9.17, 15) is 14.7 Å². The zero-order valence-corrected chi connectivity index (χ0v) is 23.2. The van der Waals surface area contributed by atoms with Crippen LogP contribution >= 0.6 is 0 Å². The van der Waals surface area contributed by atoms with E-state index in [0.717, 1.165) is 11.1 Å². The fraction of sp³-hybridized carbons (Fsp3) is 0.312. The average molecular weight is 530 g/mol. The quantitative estimate of drug-likeness (QED) is 0.201.